The molecule has 7 heteroatoms. The van der Waals surface area contributed by atoms with Crippen LogP contribution < -0.4 is 4.90 Å². The Morgan fingerprint density at radius 2 is 2.45 bits per heavy atom. The van der Waals surface area contributed by atoms with Gasteiger partial charge in [0, 0.05) is 19.3 Å². The van der Waals surface area contributed by atoms with Crippen LogP contribution in [0, 0.1) is 16.0 Å². The number of aromatic nitrogens is 1. The standard InChI is InChI=1S/C13H17N3O4/c1-2-20-13(17)10-4-3-7-15(9-10)11-5-6-14-8-12(11)16(18)19/h5-6,8,10H,2-4,7,9H2,1H3. The fraction of sp³-hybridized carbons (Fsp3) is 0.538. The first-order chi connectivity index (χ1) is 9.63. The Balaban J connectivity index is 2.17. The highest BCUT2D eigenvalue weighted by atomic mass is 16.6. The Morgan fingerprint density at radius 1 is 1.65 bits per heavy atom. The summed E-state index contributed by atoms with van der Waals surface area (Å²) in [5.74, 6) is -0.453. The number of hydrogen-bond acceptors (Lipinski definition) is 6. The van der Waals surface area contributed by atoms with Gasteiger partial charge >= 0.3 is 11.7 Å². The smallest absolute Gasteiger partial charge is 0.310 e. The molecule has 1 unspecified atom stereocenters. The Morgan fingerprint density at radius 3 is 3.15 bits per heavy atom. The zero-order valence-electron chi connectivity index (χ0n) is 11.3. The van der Waals surface area contributed by atoms with Crippen LogP contribution in [0.15, 0.2) is 18.5 Å². The van der Waals surface area contributed by atoms with Crippen LogP contribution in [-0.2, 0) is 9.53 Å². The topological polar surface area (TPSA) is 85.6 Å². The van der Waals surface area contributed by atoms with Gasteiger partial charge in [0.15, 0.2) is 0 Å². The number of hydrogen-bond donors (Lipinski definition) is 0. The monoisotopic (exact) mass is 279 g/mol. The second-order valence-electron chi connectivity index (χ2n) is 4.66. The van der Waals surface area contributed by atoms with Gasteiger partial charge in [-0.25, -0.2) is 0 Å². The molecule has 108 valence electrons. The summed E-state index contributed by atoms with van der Waals surface area (Å²) >= 11 is 0. The van der Waals surface area contributed by atoms with E-state index in [9.17, 15) is 14.9 Å². The van der Waals surface area contributed by atoms with Crippen molar-refractivity contribution in [1.29, 1.82) is 0 Å². The van der Waals surface area contributed by atoms with Crippen molar-refractivity contribution in [2.45, 2.75) is 19.8 Å². The minimum Gasteiger partial charge on any atom is -0.466 e. The molecule has 0 amide bonds. The number of rotatable bonds is 4. The number of carbonyl (C=O) groups excluding carboxylic acids is 1. The molecule has 0 aliphatic carbocycles. The lowest BCUT2D eigenvalue weighted by molar-refractivity contribution is -0.384. The number of nitrogens with zero attached hydrogens (tertiary/aromatic N) is 3. The molecule has 0 N–H and O–H groups in total. The van der Waals surface area contributed by atoms with Crippen LogP contribution in [0.4, 0.5) is 11.4 Å². The molecule has 1 saturated heterocycles. The van der Waals surface area contributed by atoms with Gasteiger partial charge in [-0.05, 0) is 25.8 Å². The number of nitro groups is 1. The molecule has 7 nitrogen and oxygen atoms in total. The van der Waals surface area contributed by atoms with Crippen molar-refractivity contribution in [3.63, 3.8) is 0 Å². The van der Waals surface area contributed by atoms with E-state index in [2.05, 4.69) is 4.98 Å². The van der Waals surface area contributed by atoms with Crippen LogP contribution >= 0.6 is 0 Å². The Kier molecular flexibility index (Phi) is 4.49. The van der Waals surface area contributed by atoms with E-state index in [1.807, 2.05) is 4.90 Å². The highest BCUT2D eigenvalue weighted by Crippen LogP contribution is 2.30. The molecule has 2 heterocycles. The molecule has 0 spiro atoms. The first kappa shape index (κ1) is 14.2. The van der Waals surface area contributed by atoms with Gasteiger partial charge in [-0.15, -0.1) is 0 Å². The molecule has 0 saturated carbocycles. The van der Waals surface area contributed by atoms with E-state index in [1.165, 1.54) is 12.4 Å². The van der Waals surface area contributed by atoms with Crippen molar-refractivity contribution >= 4 is 17.3 Å². The summed E-state index contributed by atoms with van der Waals surface area (Å²) in [5.41, 5.74) is 0.482. The van der Waals surface area contributed by atoms with E-state index in [0.717, 1.165) is 12.8 Å². The largest absolute Gasteiger partial charge is 0.466 e. The maximum absolute atomic E-state index is 11.8. The maximum Gasteiger partial charge on any atom is 0.310 e. The Labute approximate surface area is 116 Å². The van der Waals surface area contributed by atoms with Gasteiger partial charge in [-0.2, -0.15) is 0 Å². The van der Waals surface area contributed by atoms with E-state index in [0.29, 0.717) is 25.4 Å². The summed E-state index contributed by atoms with van der Waals surface area (Å²) in [7, 11) is 0. The molecular formula is C13H17N3O4. The van der Waals surface area contributed by atoms with Gasteiger partial charge in [-0.1, -0.05) is 0 Å². The molecule has 0 radical (unpaired) electrons. The lowest BCUT2D eigenvalue weighted by atomic mass is 9.97. The van der Waals surface area contributed by atoms with E-state index < -0.39 is 4.92 Å². The van der Waals surface area contributed by atoms with Crippen LogP contribution in [0.3, 0.4) is 0 Å². The van der Waals surface area contributed by atoms with Gasteiger partial charge < -0.3 is 9.64 Å². The van der Waals surface area contributed by atoms with Crippen molar-refractivity contribution in [3.05, 3.63) is 28.6 Å². The first-order valence-electron chi connectivity index (χ1n) is 6.63. The third-order valence-corrected chi connectivity index (χ3v) is 3.36. The molecule has 1 aromatic rings. The summed E-state index contributed by atoms with van der Waals surface area (Å²) in [6.07, 6.45) is 4.33. The summed E-state index contributed by atoms with van der Waals surface area (Å²) in [4.78, 5) is 28.0. The molecule has 0 bridgehead atoms. The number of ether oxygens (including phenoxy) is 1. The lowest BCUT2D eigenvalue weighted by Gasteiger charge is -2.32. The second-order valence-corrected chi connectivity index (χ2v) is 4.66. The van der Waals surface area contributed by atoms with Gasteiger partial charge in [0.1, 0.15) is 11.9 Å². The van der Waals surface area contributed by atoms with Gasteiger partial charge in [0.2, 0.25) is 0 Å². The van der Waals surface area contributed by atoms with Crippen molar-refractivity contribution < 1.29 is 14.5 Å². The Bertz CT molecular complexity index is 506. The van der Waals surface area contributed by atoms with Gasteiger partial charge in [-0.3, -0.25) is 19.9 Å². The molecule has 1 aromatic heterocycles. The number of esters is 1. The van der Waals surface area contributed by atoms with Crippen molar-refractivity contribution in [3.8, 4) is 0 Å². The quantitative estimate of drug-likeness (QED) is 0.474. The molecule has 1 aliphatic heterocycles. The van der Waals surface area contributed by atoms with E-state index >= 15 is 0 Å². The average molecular weight is 279 g/mol. The Hall–Kier alpha value is -2.18. The fourth-order valence-corrected chi connectivity index (χ4v) is 2.44. The van der Waals surface area contributed by atoms with Crippen LogP contribution in [0.1, 0.15) is 19.8 Å². The van der Waals surface area contributed by atoms with Gasteiger partial charge in [0.25, 0.3) is 0 Å². The van der Waals surface area contributed by atoms with E-state index in [-0.39, 0.29) is 17.6 Å². The van der Waals surface area contributed by atoms with Crippen molar-refractivity contribution in [2.24, 2.45) is 5.92 Å². The van der Waals surface area contributed by atoms with E-state index in [1.54, 1.807) is 13.0 Å². The summed E-state index contributed by atoms with van der Waals surface area (Å²) in [6.45, 7) is 3.27. The number of carbonyl (C=O) groups is 1. The van der Waals surface area contributed by atoms with Crippen LogP contribution in [0.5, 0.6) is 0 Å². The average Bonchev–Trinajstić information content (AvgIpc) is 2.47. The molecule has 1 fully saturated rings. The molecule has 0 aromatic carbocycles. The first-order valence-corrected chi connectivity index (χ1v) is 6.63. The highest BCUT2D eigenvalue weighted by molar-refractivity contribution is 5.74. The molecule has 1 aliphatic rings. The molecule has 1 atom stereocenters. The predicted octanol–water partition coefficient (Wildman–Crippen LogP) is 1.77. The fourth-order valence-electron chi connectivity index (χ4n) is 2.44. The maximum atomic E-state index is 11.8. The lowest BCUT2D eigenvalue weighted by Crippen LogP contribution is -2.39. The number of anilines is 1. The van der Waals surface area contributed by atoms with Gasteiger partial charge in [0.05, 0.1) is 17.4 Å². The minimum absolute atomic E-state index is 0.0305. The summed E-state index contributed by atoms with van der Waals surface area (Å²) in [6, 6.07) is 1.62. The van der Waals surface area contributed by atoms with Crippen molar-refractivity contribution in [2.75, 3.05) is 24.6 Å². The van der Waals surface area contributed by atoms with Crippen molar-refractivity contribution in [1.82, 2.24) is 4.98 Å². The van der Waals surface area contributed by atoms with E-state index in [4.69, 9.17) is 4.74 Å². The second kappa shape index (κ2) is 6.31. The van der Waals surface area contributed by atoms with Crippen LogP contribution in [0.25, 0.3) is 0 Å². The molecule has 2 rings (SSSR count). The van der Waals surface area contributed by atoms with Crippen LogP contribution in [0.2, 0.25) is 0 Å². The SMILES string of the molecule is CCOC(=O)C1CCCN(c2ccncc2[N+](=O)[O-])C1. The minimum atomic E-state index is -0.448. The number of pyridine rings is 1. The van der Waals surface area contributed by atoms with Crippen LogP contribution in [-0.4, -0.2) is 35.6 Å². The zero-order valence-corrected chi connectivity index (χ0v) is 11.3. The normalized spacial score (nSPS) is 18.6. The number of piperidine rings is 1. The third kappa shape index (κ3) is 3.04. The zero-order chi connectivity index (χ0) is 14.5. The molecular weight excluding hydrogens is 262 g/mol. The molecule has 20 heavy (non-hydrogen) atoms. The highest BCUT2D eigenvalue weighted by Gasteiger charge is 2.29. The predicted molar refractivity (Wildman–Crippen MR) is 72.5 cm³/mol. The summed E-state index contributed by atoms with van der Waals surface area (Å²) < 4.78 is 5.03. The summed E-state index contributed by atoms with van der Waals surface area (Å²) in [5, 5.41) is 11.0. The third-order valence-electron chi connectivity index (χ3n) is 3.36.